The summed E-state index contributed by atoms with van der Waals surface area (Å²) >= 11 is 0. The molecule has 1 aromatic heterocycles. The molecule has 0 spiro atoms. The van der Waals surface area contributed by atoms with Crippen LogP contribution in [0.1, 0.15) is 13.3 Å². The Labute approximate surface area is 155 Å². The molecule has 0 saturated carbocycles. The first-order valence-electron chi connectivity index (χ1n) is 8.51. The fourth-order valence-electron chi connectivity index (χ4n) is 2.27. The van der Waals surface area contributed by atoms with Crippen LogP contribution in [-0.2, 0) is 10.0 Å². The molecule has 0 unspecified atom stereocenters. The van der Waals surface area contributed by atoms with Gasteiger partial charge in [0.1, 0.15) is 11.6 Å². The van der Waals surface area contributed by atoms with Crippen molar-refractivity contribution < 1.29 is 13.2 Å². The van der Waals surface area contributed by atoms with Gasteiger partial charge in [-0.2, -0.15) is 0 Å². The summed E-state index contributed by atoms with van der Waals surface area (Å²) < 4.78 is 32.7. The van der Waals surface area contributed by atoms with Crippen LogP contribution in [0.2, 0.25) is 0 Å². The number of rotatable bonds is 10. The highest BCUT2D eigenvalue weighted by molar-refractivity contribution is 7.92. The van der Waals surface area contributed by atoms with Crippen molar-refractivity contribution in [3.63, 3.8) is 0 Å². The number of hydrogen-bond acceptors (Lipinski definition) is 6. The van der Waals surface area contributed by atoms with Crippen LogP contribution in [0.4, 0.5) is 11.5 Å². The Morgan fingerprint density at radius 2 is 1.85 bits per heavy atom. The van der Waals surface area contributed by atoms with Gasteiger partial charge in [-0.25, -0.2) is 13.4 Å². The van der Waals surface area contributed by atoms with E-state index in [2.05, 4.69) is 19.9 Å². The van der Waals surface area contributed by atoms with Crippen LogP contribution < -0.4 is 14.8 Å². The predicted octanol–water partition coefficient (Wildman–Crippen LogP) is 2.64. The summed E-state index contributed by atoms with van der Waals surface area (Å²) in [6, 6.07) is 9.75. The van der Waals surface area contributed by atoms with Gasteiger partial charge >= 0.3 is 0 Å². The Bertz CT molecular complexity index is 775. The van der Waals surface area contributed by atoms with Gasteiger partial charge in [0, 0.05) is 6.54 Å². The van der Waals surface area contributed by atoms with Crippen molar-refractivity contribution in [2.75, 3.05) is 43.8 Å². The van der Waals surface area contributed by atoms with E-state index in [1.165, 1.54) is 18.3 Å². The fraction of sp³-hybridized carbons (Fsp3) is 0.389. The molecule has 0 radical (unpaired) electrons. The SMILES string of the molecule is CCOc1ccc(S(=O)(=O)Nc2ccc(NCCCN(C)C)nc2)cc1. The third-order valence-electron chi connectivity index (χ3n) is 3.55. The van der Waals surface area contributed by atoms with Crippen molar-refractivity contribution in [2.45, 2.75) is 18.2 Å². The number of ether oxygens (including phenoxy) is 1. The molecule has 2 N–H and O–H groups in total. The molecule has 0 aliphatic heterocycles. The maximum absolute atomic E-state index is 12.4. The van der Waals surface area contributed by atoms with E-state index >= 15 is 0 Å². The first-order chi connectivity index (χ1) is 12.4. The van der Waals surface area contributed by atoms with E-state index in [0.29, 0.717) is 23.9 Å². The van der Waals surface area contributed by atoms with E-state index in [1.54, 1.807) is 24.3 Å². The standard InChI is InChI=1S/C18H26N4O3S/c1-4-25-16-7-9-17(10-8-16)26(23,24)21-15-6-11-18(20-14-15)19-12-5-13-22(2)3/h6-11,14,21H,4-5,12-13H2,1-3H3,(H,19,20). The van der Waals surface area contributed by atoms with Crippen molar-refractivity contribution in [3.05, 3.63) is 42.6 Å². The van der Waals surface area contributed by atoms with Crippen molar-refractivity contribution >= 4 is 21.5 Å². The lowest BCUT2D eigenvalue weighted by Crippen LogP contribution is -2.16. The molecule has 1 aromatic carbocycles. The van der Waals surface area contributed by atoms with Gasteiger partial charge in [-0.1, -0.05) is 0 Å². The van der Waals surface area contributed by atoms with Crippen LogP contribution in [0.3, 0.4) is 0 Å². The molecule has 2 rings (SSSR count). The summed E-state index contributed by atoms with van der Waals surface area (Å²) in [6.45, 7) is 4.21. The largest absolute Gasteiger partial charge is 0.494 e. The second-order valence-corrected chi connectivity index (χ2v) is 7.71. The normalized spacial score (nSPS) is 11.4. The lowest BCUT2D eigenvalue weighted by Gasteiger charge is -2.11. The molecule has 1 heterocycles. The van der Waals surface area contributed by atoms with E-state index in [1.807, 2.05) is 21.0 Å². The van der Waals surface area contributed by atoms with Crippen molar-refractivity contribution in [3.8, 4) is 5.75 Å². The maximum Gasteiger partial charge on any atom is 0.261 e. The number of hydrogen-bond donors (Lipinski definition) is 2. The molecular formula is C18H26N4O3S. The second kappa shape index (κ2) is 9.40. The molecule has 26 heavy (non-hydrogen) atoms. The third kappa shape index (κ3) is 6.20. The molecule has 0 bridgehead atoms. The van der Waals surface area contributed by atoms with Gasteiger partial charge < -0.3 is 15.0 Å². The Kier molecular flexibility index (Phi) is 7.23. The zero-order valence-corrected chi connectivity index (χ0v) is 16.2. The number of nitrogens with zero attached hydrogens (tertiary/aromatic N) is 2. The number of sulfonamides is 1. The van der Waals surface area contributed by atoms with Crippen LogP contribution in [-0.4, -0.2) is 52.1 Å². The smallest absolute Gasteiger partial charge is 0.261 e. The second-order valence-electron chi connectivity index (χ2n) is 6.03. The van der Waals surface area contributed by atoms with Gasteiger partial charge in [0.15, 0.2) is 0 Å². The number of pyridine rings is 1. The quantitative estimate of drug-likeness (QED) is 0.619. The van der Waals surface area contributed by atoms with Crippen molar-refractivity contribution in [1.29, 1.82) is 0 Å². The average molecular weight is 378 g/mol. The highest BCUT2D eigenvalue weighted by atomic mass is 32.2. The van der Waals surface area contributed by atoms with Crippen LogP contribution in [0, 0.1) is 0 Å². The molecule has 0 atom stereocenters. The monoisotopic (exact) mass is 378 g/mol. The maximum atomic E-state index is 12.4. The molecule has 0 aliphatic rings. The zero-order chi connectivity index (χ0) is 19.0. The summed E-state index contributed by atoms with van der Waals surface area (Å²) in [5.41, 5.74) is 0.415. The topological polar surface area (TPSA) is 83.6 Å². The molecule has 0 saturated heterocycles. The van der Waals surface area contributed by atoms with Gasteiger partial charge in [-0.05, 0) is 70.4 Å². The van der Waals surface area contributed by atoms with E-state index in [-0.39, 0.29) is 4.90 Å². The number of benzene rings is 1. The third-order valence-corrected chi connectivity index (χ3v) is 4.95. The van der Waals surface area contributed by atoms with Crippen molar-refractivity contribution in [1.82, 2.24) is 9.88 Å². The van der Waals surface area contributed by atoms with Crippen LogP contribution in [0.25, 0.3) is 0 Å². The van der Waals surface area contributed by atoms with Gasteiger partial charge in [0.2, 0.25) is 0 Å². The van der Waals surface area contributed by atoms with Crippen LogP contribution >= 0.6 is 0 Å². The summed E-state index contributed by atoms with van der Waals surface area (Å²) in [6.07, 6.45) is 2.50. The summed E-state index contributed by atoms with van der Waals surface area (Å²) in [5.74, 6) is 1.35. The van der Waals surface area contributed by atoms with Crippen LogP contribution in [0.5, 0.6) is 5.75 Å². The Morgan fingerprint density at radius 1 is 1.12 bits per heavy atom. The Hall–Kier alpha value is -2.32. The highest BCUT2D eigenvalue weighted by Gasteiger charge is 2.14. The van der Waals surface area contributed by atoms with E-state index in [9.17, 15) is 8.42 Å². The molecule has 0 fully saturated rings. The Balaban J connectivity index is 1.94. The average Bonchev–Trinajstić information content (AvgIpc) is 2.60. The van der Waals surface area contributed by atoms with Crippen LogP contribution in [0.15, 0.2) is 47.5 Å². The summed E-state index contributed by atoms with van der Waals surface area (Å²) in [5, 5.41) is 3.21. The number of anilines is 2. The summed E-state index contributed by atoms with van der Waals surface area (Å²) in [4.78, 5) is 6.53. The minimum atomic E-state index is -3.66. The molecule has 0 amide bonds. The molecule has 8 heteroatoms. The van der Waals surface area contributed by atoms with E-state index < -0.39 is 10.0 Å². The van der Waals surface area contributed by atoms with Crippen molar-refractivity contribution in [2.24, 2.45) is 0 Å². The Morgan fingerprint density at radius 3 is 2.42 bits per heavy atom. The zero-order valence-electron chi connectivity index (χ0n) is 15.4. The van der Waals surface area contributed by atoms with Gasteiger partial charge in [0.05, 0.1) is 23.4 Å². The first-order valence-corrected chi connectivity index (χ1v) is 9.99. The number of aromatic nitrogens is 1. The molecule has 7 nitrogen and oxygen atoms in total. The lowest BCUT2D eigenvalue weighted by atomic mass is 10.3. The van der Waals surface area contributed by atoms with Gasteiger partial charge in [0.25, 0.3) is 10.0 Å². The van der Waals surface area contributed by atoms with E-state index in [4.69, 9.17) is 4.74 Å². The van der Waals surface area contributed by atoms with E-state index in [0.717, 1.165) is 19.5 Å². The molecule has 2 aromatic rings. The first kappa shape index (κ1) is 20.0. The number of nitrogens with one attached hydrogen (secondary N) is 2. The lowest BCUT2D eigenvalue weighted by molar-refractivity contribution is 0.340. The van der Waals surface area contributed by atoms with Gasteiger partial charge in [-0.3, -0.25) is 4.72 Å². The molecular weight excluding hydrogens is 352 g/mol. The predicted molar refractivity (Wildman–Crippen MR) is 104 cm³/mol. The summed E-state index contributed by atoms with van der Waals surface area (Å²) in [7, 11) is 0.403. The minimum Gasteiger partial charge on any atom is -0.494 e. The molecule has 142 valence electrons. The molecule has 0 aliphatic carbocycles. The fourth-order valence-corrected chi connectivity index (χ4v) is 3.31. The minimum absolute atomic E-state index is 0.173. The highest BCUT2D eigenvalue weighted by Crippen LogP contribution is 2.19. The van der Waals surface area contributed by atoms with Gasteiger partial charge in [-0.15, -0.1) is 0 Å².